The van der Waals surface area contributed by atoms with Crippen LogP contribution < -0.4 is 10.4 Å². The van der Waals surface area contributed by atoms with E-state index in [0.717, 1.165) is 0 Å². The molecule has 4 rings (SSSR count). The molecule has 2 aromatic rings. The van der Waals surface area contributed by atoms with Gasteiger partial charge in [0.25, 0.3) is 0 Å². The Hall–Kier alpha value is -2.94. The van der Waals surface area contributed by atoms with Crippen LogP contribution in [0, 0.1) is 0 Å². The Labute approximate surface area is 158 Å². The average molecular weight is 392 g/mol. The summed E-state index contributed by atoms with van der Waals surface area (Å²) < 4.78 is 32.5. The molecule has 7 nitrogen and oxygen atoms in total. The number of ether oxygens (including phenoxy) is 1. The quantitative estimate of drug-likeness (QED) is 0.835. The number of hydrogen-bond acceptors (Lipinski definition) is 5. The number of pyridine rings is 1. The summed E-state index contributed by atoms with van der Waals surface area (Å²) in [5, 5.41) is 21.1. The van der Waals surface area contributed by atoms with Crippen LogP contribution >= 0.6 is 0 Å². The predicted molar refractivity (Wildman–Crippen MR) is 95.3 cm³/mol. The molecule has 2 N–H and O–H groups in total. The molecule has 148 valence electrons. The molecule has 2 unspecified atom stereocenters. The number of carboxylic acids is 1. The number of benzene rings is 1. The predicted octanol–water partition coefficient (Wildman–Crippen LogP) is 2.70. The lowest BCUT2D eigenvalue weighted by Gasteiger charge is -2.44. The third kappa shape index (κ3) is 2.65. The topological polar surface area (TPSA) is 92.0 Å². The van der Waals surface area contributed by atoms with Crippen molar-refractivity contribution in [2.24, 2.45) is 0 Å². The first kappa shape index (κ1) is 18.4. The number of carboxylic acid groups (broad SMARTS) is 1. The molecule has 0 amide bonds. The highest BCUT2D eigenvalue weighted by Crippen LogP contribution is 2.50. The van der Waals surface area contributed by atoms with Gasteiger partial charge in [-0.05, 0) is 37.6 Å². The van der Waals surface area contributed by atoms with Gasteiger partial charge in [0.05, 0.1) is 23.4 Å². The monoisotopic (exact) mass is 392 g/mol. The zero-order valence-electron chi connectivity index (χ0n) is 15.1. The first-order valence-electron chi connectivity index (χ1n) is 8.66. The SMILES string of the molecule is CC1(C)CC(OC(F)F)C2c3cc(O)ccc3-c3cc(=O)c(C(=O)O)cn3N21. The molecule has 0 bridgehead atoms. The fraction of sp³-hybridized carbons (Fsp3) is 0.368. The van der Waals surface area contributed by atoms with Gasteiger partial charge in [-0.25, -0.2) is 4.79 Å². The van der Waals surface area contributed by atoms with Crippen molar-refractivity contribution in [3.05, 3.63) is 51.8 Å². The van der Waals surface area contributed by atoms with Crippen LogP contribution in [0.15, 0.2) is 35.3 Å². The van der Waals surface area contributed by atoms with Crippen molar-refractivity contribution in [1.29, 1.82) is 0 Å². The number of aromatic carboxylic acids is 1. The van der Waals surface area contributed by atoms with Gasteiger partial charge >= 0.3 is 12.6 Å². The number of nitrogens with zero attached hydrogens (tertiary/aromatic N) is 2. The van der Waals surface area contributed by atoms with Crippen LogP contribution in [0.5, 0.6) is 5.75 Å². The van der Waals surface area contributed by atoms with E-state index >= 15 is 0 Å². The highest BCUT2D eigenvalue weighted by molar-refractivity contribution is 5.88. The Morgan fingerprint density at radius 3 is 2.68 bits per heavy atom. The van der Waals surface area contributed by atoms with E-state index < -0.39 is 41.3 Å². The molecule has 0 saturated carbocycles. The minimum atomic E-state index is -2.98. The van der Waals surface area contributed by atoms with Gasteiger partial charge in [-0.2, -0.15) is 8.78 Å². The molecule has 1 aromatic carbocycles. The smallest absolute Gasteiger partial charge is 0.345 e. The van der Waals surface area contributed by atoms with Crippen molar-refractivity contribution in [2.75, 3.05) is 5.01 Å². The number of carbonyl (C=O) groups is 1. The normalized spacial score (nSPS) is 22.0. The fourth-order valence-electron chi connectivity index (χ4n) is 4.34. The third-order valence-electron chi connectivity index (χ3n) is 5.34. The second-order valence-electron chi connectivity index (χ2n) is 7.60. The Balaban J connectivity index is 2.02. The van der Waals surface area contributed by atoms with Crippen molar-refractivity contribution in [3.8, 4) is 17.0 Å². The molecule has 3 heterocycles. The Morgan fingerprint density at radius 1 is 1.32 bits per heavy atom. The molecule has 28 heavy (non-hydrogen) atoms. The average Bonchev–Trinajstić information content (AvgIpc) is 2.84. The lowest BCUT2D eigenvalue weighted by atomic mass is 9.92. The summed E-state index contributed by atoms with van der Waals surface area (Å²) in [6.45, 7) is 0.669. The summed E-state index contributed by atoms with van der Waals surface area (Å²) in [6, 6.07) is 5.00. The van der Waals surface area contributed by atoms with Crippen molar-refractivity contribution in [1.82, 2.24) is 4.68 Å². The summed E-state index contributed by atoms with van der Waals surface area (Å²) in [5.41, 5.74) is -0.251. The fourth-order valence-corrected chi connectivity index (χ4v) is 4.34. The summed E-state index contributed by atoms with van der Waals surface area (Å²) >= 11 is 0. The van der Waals surface area contributed by atoms with E-state index in [-0.39, 0.29) is 12.2 Å². The third-order valence-corrected chi connectivity index (χ3v) is 5.34. The number of phenols is 1. The molecule has 0 spiro atoms. The number of alkyl halides is 2. The summed E-state index contributed by atoms with van der Waals surface area (Å²) in [7, 11) is 0. The van der Waals surface area contributed by atoms with Crippen LogP contribution in [0.2, 0.25) is 0 Å². The van der Waals surface area contributed by atoms with Crippen LogP contribution in [-0.2, 0) is 4.74 Å². The molecule has 2 atom stereocenters. The van der Waals surface area contributed by atoms with E-state index in [4.69, 9.17) is 4.74 Å². The molecular weight excluding hydrogens is 374 g/mol. The lowest BCUT2D eigenvalue weighted by Crippen LogP contribution is -2.50. The molecule has 0 aliphatic carbocycles. The Morgan fingerprint density at radius 2 is 2.04 bits per heavy atom. The maximum Gasteiger partial charge on any atom is 0.345 e. The second-order valence-corrected chi connectivity index (χ2v) is 7.60. The number of halogens is 2. The van der Waals surface area contributed by atoms with Crippen molar-refractivity contribution in [2.45, 2.75) is 44.6 Å². The highest BCUT2D eigenvalue weighted by Gasteiger charge is 2.52. The number of phenolic OH excluding ortho intramolecular Hbond substituents is 1. The van der Waals surface area contributed by atoms with Crippen LogP contribution in [0.1, 0.15) is 42.2 Å². The van der Waals surface area contributed by atoms with E-state index in [2.05, 4.69) is 0 Å². The van der Waals surface area contributed by atoms with Crippen molar-refractivity contribution >= 4 is 5.97 Å². The van der Waals surface area contributed by atoms with Gasteiger partial charge in [-0.3, -0.25) is 14.5 Å². The van der Waals surface area contributed by atoms with E-state index in [1.807, 2.05) is 13.8 Å². The minimum Gasteiger partial charge on any atom is -0.508 e. The minimum absolute atomic E-state index is 0.0443. The van der Waals surface area contributed by atoms with E-state index in [1.54, 1.807) is 11.1 Å². The van der Waals surface area contributed by atoms with E-state index in [1.165, 1.54) is 29.1 Å². The molecule has 9 heteroatoms. The van der Waals surface area contributed by atoms with E-state index in [9.17, 15) is 28.6 Å². The van der Waals surface area contributed by atoms with Gasteiger partial charge in [0.1, 0.15) is 11.3 Å². The summed E-state index contributed by atoms with van der Waals surface area (Å²) in [4.78, 5) is 23.8. The van der Waals surface area contributed by atoms with Gasteiger partial charge in [0.15, 0.2) is 5.43 Å². The Bertz CT molecular complexity index is 1030. The lowest BCUT2D eigenvalue weighted by molar-refractivity contribution is -0.165. The van der Waals surface area contributed by atoms with Gasteiger partial charge in [0.2, 0.25) is 0 Å². The number of fused-ring (bicyclic) bond motifs is 6. The van der Waals surface area contributed by atoms with Crippen molar-refractivity contribution < 1.29 is 28.5 Å². The van der Waals surface area contributed by atoms with Gasteiger partial charge in [0, 0.05) is 24.2 Å². The second kappa shape index (κ2) is 6.03. The molecular formula is C19H18F2N2O5. The summed E-state index contributed by atoms with van der Waals surface area (Å²) in [6.07, 6.45) is 0.566. The van der Waals surface area contributed by atoms with Crippen LogP contribution in [-0.4, -0.2) is 39.1 Å². The number of aromatic hydroxyl groups is 1. The molecule has 2 aliphatic heterocycles. The maximum absolute atomic E-state index is 13.1. The van der Waals surface area contributed by atoms with E-state index in [0.29, 0.717) is 16.8 Å². The van der Waals surface area contributed by atoms with Gasteiger partial charge in [-0.1, -0.05) is 0 Å². The first-order valence-corrected chi connectivity index (χ1v) is 8.66. The largest absolute Gasteiger partial charge is 0.508 e. The number of aromatic nitrogens is 1. The maximum atomic E-state index is 13.1. The van der Waals surface area contributed by atoms with Crippen LogP contribution in [0.25, 0.3) is 11.3 Å². The van der Waals surface area contributed by atoms with Crippen molar-refractivity contribution in [3.63, 3.8) is 0 Å². The van der Waals surface area contributed by atoms with Gasteiger partial charge in [-0.15, -0.1) is 0 Å². The molecule has 2 aliphatic rings. The highest BCUT2D eigenvalue weighted by atomic mass is 19.3. The number of rotatable bonds is 3. The zero-order chi connectivity index (χ0) is 20.4. The first-order chi connectivity index (χ1) is 13.1. The number of hydrogen-bond donors (Lipinski definition) is 2. The summed E-state index contributed by atoms with van der Waals surface area (Å²) in [5.74, 6) is -1.41. The molecule has 0 radical (unpaired) electrons. The van der Waals surface area contributed by atoms with Gasteiger partial charge < -0.3 is 14.9 Å². The van der Waals surface area contributed by atoms with Crippen LogP contribution in [0.4, 0.5) is 8.78 Å². The Kier molecular flexibility index (Phi) is 3.97. The molecule has 1 aromatic heterocycles. The molecule has 1 saturated heterocycles. The zero-order valence-corrected chi connectivity index (χ0v) is 15.1. The molecule has 1 fully saturated rings. The van der Waals surface area contributed by atoms with Crippen LogP contribution in [0.3, 0.4) is 0 Å². The standard InChI is InChI=1S/C19H18F2N2O5/c1-19(2)7-15(28-18(20)21)16-11-5-9(24)3-4-10(11)13-6-14(25)12(17(26)27)8-22(13)23(16)19/h3-6,8,15-16,18,24H,7H2,1-2H3,(H,26,27).